The van der Waals surface area contributed by atoms with Crippen molar-refractivity contribution in [1.29, 1.82) is 0 Å². The summed E-state index contributed by atoms with van der Waals surface area (Å²) in [6.07, 6.45) is 5.21. The van der Waals surface area contributed by atoms with Crippen molar-refractivity contribution < 1.29 is 4.79 Å². The minimum atomic E-state index is -0.130. The lowest BCUT2D eigenvalue weighted by atomic mass is 10.1. The normalized spacial score (nSPS) is 16.0. The Hall–Kier alpha value is -2.08. The molecule has 2 aromatic rings. The quantitative estimate of drug-likeness (QED) is 0.818. The minimum Gasteiger partial charge on any atom is -0.326 e. The molecule has 0 spiro atoms. The molecule has 0 saturated heterocycles. The maximum absolute atomic E-state index is 12.3. The van der Waals surface area contributed by atoms with Crippen LogP contribution in [0.5, 0.6) is 0 Å². The van der Waals surface area contributed by atoms with Crippen LogP contribution in [0.25, 0.3) is 0 Å². The molecule has 6 heteroatoms. The number of fused-ring (bicyclic) bond motifs is 1. The molecule has 1 aromatic heterocycles. The molecule has 1 amide bonds. The highest BCUT2D eigenvalue weighted by Gasteiger charge is 2.26. The average Bonchev–Trinajstić information content (AvgIpc) is 2.98. The van der Waals surface area contributed by atoms with Crippen molar-refractivity contribution in [2.45, 2.75) is 43.8 Å². The first kappa shape index (κ1) is 16.8. The highest BCUT2D eigenvalue weighted by Crippen LogP contribution is 2.31. The second kappa shape index (κ2) is 7.66. The number of thioether (sulfide) groups is 1. The van der Waals surface area contributed by atoms with E-state index in [1.807, 2.05) is 12.1 Å². The first-order chi connectivity index (χ1) is 11.7. The molecular weight excluding hydrogens is 322 g/mol. The predicted octanol–water partition coefficient (Wildman–Crippen LogP) is 3.26. The van der Waals surface area contributed by atoms with Crippen LogP contribution in [0.15, 0.2) is 46.5 Å². The monoisotopic (exact) mass is 343 g/mol. The Morgan fingerprint density at radius 1 is 1.33 bits per heavy atom. The summed E-state index contributed by atoms with van der Waals surface area (Å²) in [5.41, 5.74) is 1.99. The van der Waals surface area contributed by atoms with Gasteiger partial charge in [-0.05, 0) is 30.5 Å². The number of carbonyl (C=O) groups is 1. The number of carbonyl (C=O) groups excluding carboxylic acids is 1. The van der Waals surface area contributed by atoms with Crippen molar-refractivity contribution in [2.75, 3.05) is 11.1 Å². The molecule has 1 aliphatic rings. The fourth-order valence-corrected chi connectivity index (χ4v) is 3.92. The Bertz CT molecular complexity index is 771. The number of aromatic nitrogens is 2. The molecule has 1 N–H and O–H groups in total. The number of rotatable bonds is 6. The third kappa shape index (κ3) is 3.87. The number of nitrogens with zero attached hydrogens (tertiary/aromatic N) is 2. The molecule has 5 nitrogen and oxygen atoms in total. The lowest BCUT2D eigenvalue weighted by Gasteiger charge is -2.13. The second-order valence-corrected chi connectivity index (χ2v) is 6.94. The fourth-order valence-electron chi connectivity index (χ4n) is 2.80. The first-order valence-electron chi connectivity index (χ1n) is 8.26. The van der Waals surface area contributed by atoms with Crippen LogP contribution in [0, 0.1) is 0 Å². The predicted molar refractivity (Wildman–Crippen MR) is 96.6 cm³/mol. The number of unbranched alkanes of at least 4 members (excludes halogenated alkanes) is 1. The van der Waals surface area contributed by atoms with Crippen LogP contribution in [0.3, 0.4) is 0 Å². The zero-order valence-corrected chi connectivity index (χ0v) is 14.5. The van der Waals surface area contributed by atoms with E-state index >= 15 is 0 Å². The Kier molecular flexibility index (Phi) is 5.35. The Balaban J connectivity index is 1.60. The van der Waals surface area contributed by atoms with Crippen LogP contribution in [0.4, 0.5) is 5.69 Å². The van der Waals surface area contributed by atoms with Gasteiger partial charge in [-0.25, -0.2) is 4.98 Å². The van der Waals surface area contributed by atoms with E-state index in [1.165, 1.54) is 42.4 Å². The molecule has 126 valence electrons. The summed E-state index contributed by atoms with van der Waals surface area (Å²) in [4.78, 5) is 28.4. The van der Waals surface area contributed by atoms with Gasteiger partial charge in [-0.1, -0.05) is 37.2 Å². The van der Waals surface area contributed by atoms with Gasteiger partial charge in [0.15, 0.2) is 5.16 Å². The second-order valence-electron chi connectivity index (χ2n) is 5.95. The largest absolute Gasteiger partial charge is 0.326 e. The maximum Gasteiger partial charge on any atom is 0.254 e. The van der Waals surface area contributed by atoms with Gasteiger partial charge >= 0.3 is 0 Å². The molecular formula is C18H21N3O2S. The molecule has 1 unspecified atom stereocenters. The smallest absolute Gasteiger partial charge is 0.254 e. The summed E-state index contributed by atoms with van der Waals surface area (Å²) in [5.74, 6) is 0.626. The van der Waals surface area contributed by atoms with Crippen LogP contribution in [-0.4, -0.2) is 21.2 Å². The van der Waals surface area contributed by atoms with Crippen LogP contribution in [0.2, 0.25) is 0 Å². The lowest BCUT2D eigenvalue weighted by Crippen LogP contribution is -2.26. The summed E-state index contributed by atoms with van der Waals surface area (Å²) in [6, 6.07) is 9.30. The molecule has 1 aromatic carbocycles. The van der Waals surface area contributed by atoms with Crippen molar-refractivity contribution in [2.24, 2.45) is 0 Å². The number of benzene rings is 1. The minimum absolute atomic E-state index is 0.0782. The highest BCUT2D eigenvalue weighted by atomic mass is 32.2. The first-order valence-corrected chi connectivity index (χ1v) is 9.25. The molecule has 1 aliphatic heterocycles. The Morgan fingerprint density at radius 2 is 2.12 bits per heavy atom. The van der Waals surface area contributed by atoms with Crippen molar-refractivity contribution in [3.63, 3.8) is 0 Å². The Morgan fingerprint density at radius 3 is 2.88 bits per heavy atom. The van der Waals surface area contributed by atoms with Crippen LogP contribution >= 0.6 is 11.8 Å². The van der Waals surface area contributed by atoms with Gasteiger partial charge in [0.1, 0.15) is 0 Å². The molecule has 0 saturated carbocycles. The van der Waals surface area contributed by atoms with E-state index in [-0.39, 0.29) is 23.9 Å². The summed E-state index contributed by atoms with van der Waals surface area (Å²) in [6.45, 7) is 2.18. The maximum atomic E-state index is 12.3. The number of amides is 1. The van der Waals surface area contributed by atoms with E-state index < -0.39 is 0 Å². The van der Waals surface area contributed by atoms with E-state index in [1.54, 1.807) is 4.57 Å². The molecule has 0 fully saturated rings. The molecule has 2 heterocycles. The molecule has 24 heavy (non-hydrogen) atoms. The third-order valence-electron chi connectivity index (χ3n) is 4.09. The SMILES string of the molecule is CCCCc1ccc(NC(=O)CC2CSc3nccc(=O)n32)cc1. The van der Waals surface area contributed by atoms with E-state index in [4.69, 9.17) is 0 Å². The summed E-state index contributed by atoms with van der Waals surface area (Å²) >= 11 is 1.52. The van der Waals surface area contributed by atoms with Gasteiger partial charge in [-0.2, -0.15) is 0 Å². The van der Waals surface area contributed by atoms with E-state index in [0.29, 0.717) is 10.9 Å². The van der Waals surface area contributed by atoms with Crippen LogP contribution in [0.1, 0.15) is 37.8 Å². The van der Waals surface area contributed by atoms with Crippen molar-refractivity contribution >= 4 is 23.4 Å². The summed E-state index contributed by atoms with van der Waals surface area (Å²) in [5, 5.41) is 3.61. The molecule has 3 rings (SSSR count). The van der Waals surface area contributed by atoms with E-state index in [9.17, 15) is 9.59 Å². The van der Waals surface area contributed by atoms with Gasteiger partial charge < -0.3 is 5.32 Å². The average molecular weight is 343 g/mol. The zero-order valence-electron chi connectivity index (χ0n) is 13.7. The van der Waals surface area contributed by atoms with E-state index in [2.05, 4.69) is 29.4 Å². The number of hydrogen-bond donors (Lipinski definition) is 1. The number of aryl methyl sites for hydroxylation is 1. The van der Waals surface area contributed by atoms with Gasteiger partial charge in [0.2, 0.25) is 5.91 Å². The van der Waals surface area contributed by atoms with Crippen molar-refractivity contribution in [3.05, 3.63) is 52.4 Å². The van der Waals surface area contributed by atoms with Gasteiger partial charge in [0.25, 0.3) is 5.56 Å². The van der Waals surface area contributed by atoms with Crippen molar-refractivity contribution in [1.82, 2.24) is 9.55 Å². The van der Waals surface area contributed by atoms with Gasteiger partial charge in [0.05, 0.1) is 6.04 Å². The van der Waals surface area contributed by atoms with Gasteiger partial charge in [-0.15, -0.1) is 0 Å². The number of anilines is 1. The van der Waals surface area contributed by atoms with E-state index in [0.717, 1.165) is 12.1 Å². The fraction of sp³-hybridized carbons (Fsp3) is 0.389. The highest BCUT2D eigenvalue weighted by molar-refractivity contribution is 7.99. The van der Waals surface area contributed by atoms with Gasteiger partial charge in [-0.3, -0.25) is 14.2 Å². The molecule has 1 atom stereocenters. The topological polar surface area (TPSA) is 64.0 Å². The molecule has 0 radical (unpaired) electrons. The molecule has 0 aliphatic carbocycles. The standard InChI is InChI=1S/C18H21N3O2S/c1-2-3-4-13-5-7-14(8-6-13)20-16(22)11-15-12-24-18-19-10-9-17(23)21(15)18/h5-10,15H,2-4,11-12H2,1H3,(H,20,22). The van der Waals surface area contributed by atoms with Crippen molar-refractivity contribution in [3.8, 4) is 0 Å². The number of nitrogens with one attached hydrogen (secondary N) is 1. The summed E-state index contributed by atoms with van der Waals surface area (Å²) < 4.78 is 1.62. The zero-order chi connectivity index (χ0) is 16.9. The Labute approximate surface area is 145 Å². The summed E-state index contributed by atoms with van der Waals surface area (Å²) in [7, 11) is 0. The van der Waals surface area contributed by atoms with Crippen LogP contribution in [-0.2, 0) is 11.2 Å². The lowest BCUT2D eigenvalue weighted by molar-refractivity contribution is -0.116. The van der Waals surface area contributed by atoms with Gasteiger partial charge in [0, 0.05) is 30.1 Å². The van der Waals surface area contributed by atoms with Crippen LogP contribution < -0.4 is 10.9 Å². The number of hydrogen-bond acceptors (Lipinski definition) is 4. The third-order valence-corrected chi connectivity index (χ3v) is 5.21. The molecule has 0 bridgehead atoms.